The second-order valence-electron chi connectivity index (χ2n) is 4.84. The Bertz CT molecular complexity index is 181. The number of likely N-dealkylation sites (N-methyl/N-ethyl adjacent to an activating group) is 1. The van der Waals surface area contributed by atoms with Gasteiger partial charge in [-0.25, -0.2) is 0 Å². The minimum atomic E-state index is 0.0224. The summed E-state index contributed by atoms with van der Waals surface area (Å²) in [7, 11) is 2.02. The molecule has 0 aromatic heterocycles. The Morgan fingerprint density at radius 3 is 1.92 bits per heavy atom. The molecule has 0 aromatic rings. The fourth-order valence-corrected chi connectivity index (χ4v) is 1.17. The Labute approximate surface area is 81.8 Å². The molecule has 0 aliphatic rings. The van der Waals surface area contributed by atoms with Gasteiger partial charge in [0.2, 0.25) is 0 Å². The van der Waals surface area contributed by atoms with E-state index in [0.717, 1.165) is 0 Å². The average Bonchev–Trinajstić information content (AvgIpc) is 1.98. The summed E-state index contributed by atoms with van der Waals surface area (Å²) in [6.07, 6.45) is 0. The van der Waals surface area contributed by atoms with Crippen molar-refractivity contribution in [2.45, 2.75) is 46.7 Å². The predicted molar refractivity (Wildman–Crippen MR) is 58.1 cm³/mol. The van der Waals surface area contributed by atoms with Crippen LogP contribution in [0.4, 0.5) is 0 Å². The molecular weight excluding hydrogens is 162 g/mol. The van der Waals surface area contributed by atoms with E-state index in [0.29, 0.717) is 6.04 Å². The zero-order valence-corrected chi connectivity index (χ0v) is 9.68. The number of hydrogen-bond donors (Lipinski definition) is 2. The van der Waals surface area contributed by atoms with E-state index in [1.54, 1.807) is 0 Å². The molecule has 13 heavy (non-hydrogen) atoms. The van der Waals surface area contributed by atoms with Gasteiger partial charge in [0, 0.05) is 6.04 Å². The van der Waals surface area contributed by atoms with Crippen LogP contribution < -0.4 is 5.73 Å². The summed E-state index contributed by atoms with van der Waals surface area (Å²) in [5, 5.41) is 7.36. The molecule has 78 valence electrons. The van der Waals surface area contributed by atoms with E-state index >= 15 is 0 Å². The highest BCUT2D eigenvalue weighted by Gasteiger charge is 2.27. The van der Waals surface area contributed by atoms with E-state index in [1.807, 2.05) is 14.0 Å². The molecule has 0 rings (SSSR count). The fraction of sp³-hybridized carbons (Fsp3) is 0.900. The monoisotopic (exact) mass is 185 g/mol. The molecule has 3 heteroatoms. The molecule has 0 bridgehead atoms. The zero-order chi connectivity index (χ0) is 10.8. The van der Waals surface area contributed by atoms with E-state index in [2.05, 4.69) is 32.6 Å². The van der Waals surface area contributed by atoms with Crippen LogP contribution in [0.2, 0.25) is 0 Å². The van der Waals surface area contributed by atoms with E-state index in [4.69, 9.17) is 11.1 Å². The molecule has 0 spiro atoms. The van der Waals surface area contributed by atoms with E-state index in [1.165, 1.54) is 0 Å². The Hall–Kier alpha value is -0.570. The third kappa shape index (κ3) is 3.35. The highest BCUT2D eigenvalue weighted by Crippen LogP contribution is 2.24. The highest BCUT2D eigenvalue weighted by molar-refractivity contribution is 5.82. The third-order valence-electron chi connectivity index (χ3n) is 2.93. The fourth-order valence-electron chi connectivity index (χ4n) is 1.17. The SMILES string of the molecule is CC(C(=N)N)N(C)C(C)C(C)(C)C. The van der Waals surface area contributed by atoms with Gasteiger partial charge >= 0.3 is 0 Å². The molecule has 2 atom stereocenters. The van der Waals surface area contributed by atoms with Gasteiger partial charge in [0.05, 0.1) is 6.04 Å². The van der Waals surface area contributed by atoms with Crippen LogP contribution in [0.3, 0.4) is 0 Å². The quantitative estimate of drug-likeness (QED) is 0.519. The van der Waals surface area contributed by atoms with Crippen molar-refractivity contribution < 1.29 is 0 Å². The van der Waals surface area contributed by atoms with Crippen LogP contribution in [0.5, 0.6) is 0 Å². The first-order valence-corrected chi connectivity index (χ1v) is 4.73. The molecule has 0 saturated heterocycles. The minimum Gasteiger partial charge on any atom is -0.386 e. The van der Waals surface area contributed by atoms with Crippen molar-refractivity contribution in [3.63, 3.8) is 0 Å². The van der Waals surface area contributed by atoms with Gasteiger partial charge in [0.25, 0.3) is 0 Å². The summed E-state index contributed by atoms with van der Waals surface area (Å²) in [6, 6.07) is 0.431. The summed E-state index contributed by atoms with van der Waals surface area (Å²) in [6.45, 7) is 10.7. The molecule has 0 amide bonds. The van der Waals surface area contributed by atoms with Crippen LogP contribution in [-0.2, 0) is 0 Å². The normalized spacial score (nSPS) is 17.2. The Morgan fingerprint density at radius 1 is 1.31 bits per heavy atom. The lowest BCUT2D eigenvalue weighted by Crippen LogP contribution is -2.49. The minimum absolute atomic E-state index is 0.0224. The smallest absolute Gasteiger partial charge is 0.108 e. The van der Waals surface area contributed by atoms with Crippen molar-refractivity contribution in [2.75, 3.05) is 7.05 Å². The summed E-state index contributed by atoms with van der Waals surface area (Å²) in [4.78, 5) is 2.14. The zero-order valence-electron chi connectivity index (χ0n) is 9.68. The maximum absolute atomic E-state index is 7.36. The van der Waals surface area contributed by atoms with Gasteiger partial charge in [-0.15, -0.1) is 0 Å². The van der Waals surface area contributed by atoms with E-state index in [-0.39, 0.29) is 17.3 Å². The molecular formula is C10H23N3. The van der Waals surface area contributed by atoms with Gasteiger partial charge in [0.15, 0.2) is 0 Å². The number of nitrogens with one attached hydrogen (secondary N) is 1. The molecule has 3 N–H and O–H groups in total. The molecule has 2 unspecified atom stereocenters. The number of nitrogens with two attached hydrogens (primary N) is 1. The van der Waals surface area contributed by atoms with Crippen LogP contribution in [0.25, 0.3) is 0 Å². The van der Waals surface area contributed by atoms with Gasteiger partial charge in [-0.2, -0.15) is 0 Å². The Morgan fingerprint density at radius 2 is 1.69 bits per heavy atom. The predicted octanol–water partition coefficient (Wildman–Crippen LogP) is 1.68. The molecule has 0 saturated carbocycles. The second-order valence-corrected chi connectivity index (χ2v) is 4.84. The van der Waals surface area contributed by atoms with Gasteiger partial charge in [-0.05, 0) is 26.3 Å². The number of hydrogen-bond acceptors (Lipinski definition) is 2. The van der Waals surface area contributed by atoms with E-state index < -0.39 is 0 Å². The topological polar surface area (TPSA) is 53.1 Å². The first kappa shape index (κ1) is 12.4. The van der Waals surface area contributed by atoms with Crippen LogP contribution in [-0.4, -0.2) is 29.9 Å². The Balaban J connectivity index is 4.42. The average molecular weight is 185 g/mol. The lowest BCUT2D eigenvalue weighted by atomic mass is 9.86. The summed E-state index contributed by atoms with van der Waals surface area (Å²) in [5.41, 5.74) is 5.68. The molecule has 0 aliphatic heterocycles. The van der Waals surface area contributed by atoms with E-state index in [9.17, 15) is 0 Å². The van der Waals surface area contributed by atoms with Crippen molar-refractivity contribution >= 4 is 5.84 Å². The molecule has 0 aromatic carbocycles. The lowest BCUT2D eigenvalue weighted by Gasteiger charge is -2.38. The summed E-state index contributed by atoms with van der Waals surface area (Å²) in [5.74, 6) is 0.235. The van der Waals surface area contributed by atoms with Crippen molar-refractivity contribution in [2.24, 2.45) is 11.1 Å². The Kier molecular flexibility index (Phi) is 3.91. The summed E-state index contributed by atoms with van der Waals surface area (Å²) >= 11 is 0. The standard InChI is InChI=1S/C10H23N3/c1-7(9(11)12)13(6)8(2)10(3,4)5/h7-8H,1-6H3,(H3,11,12). The van der Waals surface area contributed by atoms with Crippen molar-refractivity contribution in [3.05, 3.63) is 0 Å². The van der Waals surface area contributed by atoms with Gasteiger partial charge in [0.1, 0.15) is 5.84 Å². The largest absolute Gasteiger partial charge is 0.386 e. The summed E-state index contributed by atoms with van der Waals surface area (Å²) < 4.78 is 0. The van der Waals surface area contributed by atoms with Gasteiger partial charge < -0.3 is 5.73 Å². The third-order valence-corrected chi connectivity index (χ3v) is 2.93. The maximum atomic E-state index is 7.36. The van der Waals surface area contributed by atoms with Gasteiger partial charge in [-0.1, -0.05) is 20.8 Å². The van der Waals surface area contributed by atoms with Crippen LogP contribution in [0, 0.1) is 10.8 Å². The van der Waals surface area contributed by atoms with Crippen molar-refractivity contribution in [3.8, 4) is 0 Å². The van der Waals surface area contributed by atoms with Crippen molar-refractivity contribution in [1.29, 1.82) is 5.41 Å². The van der Waals surface area contributed by atoms with Crippen LogP contribution >= 0.6 is 0 Å². The molecule has 3 nitrogen and oxygen atoms in total. The van der Waals surface area contributed by atoms with Crippen molar-refractivity contribution in [1.82, 2.24) is 4.90 Å². The lowest BCUT2D eigenvalue weighted by molar-refractivity contribution is 0.128. The molecule has 0 fully saturated rings. The van der Waals surface area contributed by atoms with Crippen LogP contribution in [0.1, 0.15) is 34.6 Å². The molecule has 0 radical (unpaired) electrons. The molecule has 0 heterocycles. The van der Waals surface area contributed by atoms with Crippen LogP contribution in [0.15, 0.2) is 0 Å². The number of rotatable bonds is 3. The first-order valence-electron chi connectivity index (χ1n) is 4.73. The number of amidine groups is 1. The second kappa shape index (κ2) is 4.09. The highest BCUT2D eigenvalue weighted by atomic mass is 15.2. The first-order chi connectivity index (χ1) is 5.68. The van der Waals surface area contributed by atoms with Gasteiger partial charge in [-0.3, -0.25) is 10.3 Å². The maximum Gasteiger partial charge on any atom is 0.108 e. The molecule has 0 aliphatic carbocycles. The number of nitrogens with zero attached hydrogens (tertiary/aromatic N) is 1.